The van der Waals surface area contributed by atoms with Gasteiger partial charge in [-0.3, -0.25) is 0 Å². The molecule has 1 N–H and O–H groups in total. The van der Waals surface area contributed by atoms with Gasteiger partial charge in [-0.25, -0.2) is 4.39 Å². The van der Waals surface area contributed by atoms with E-state index >= 15 is 0 Å². The molecule has 1 aliphatic carbocycles. The SMILES string of the molecule is N#Cc1ccc(NCC2(c3ccc(Br)cc3)CCCC2)c(F)c1. The molecule has 0 atom stereocenters. The van der Waals surface area contributed by atoms with Crippen LogP contribution in [0, 0.1) is 17.1 Å². The molecule has 0 aliphatic heterocycles. The minimum Gasteiger partial charge on any atom is -0.382 e. The van der Waals surface area contributed by atoms with E-state index in [1.54, 1.807) is 12.1 Å². The lowest BCUT2D eigenvalue weighted by Gasteiger charge is -2.30. The number of benzene rings is 2. The summed E-state index contributed by atoms with van der Waals surface area (Å²) in [6, 6.07) is 15.0. The van der Waals surface area contributed by atoms with Crippen LogP contribution in [0.25, 0.3) is 0 Å². The molecule has 3 rings (SSSR count). The van der Waals surface area contributed by atoms with Crippen LogP contribution in [0.5, 0.6) is 0 Å². The summed E-state index contributed by atoms with van der Waals surface area (Å²) >= 11 is 3.48. The maximum Gasteiger partial charge on any atom is 0.147 e. The molecule has 0 spiro atoms. The number of hydrogen-bond acceptors (Lipinski definition) is 2. The van der Waals surface area contributed by atoms with Crippen molar-refractivity contribution in [2.45, 2.75) is 31.1 Å². The molecular weight excluding hydrogens is 355 g/mol. The molecule has 2 aromatic carbocycles. The first-order valence-corrected chi connectivity index (χ1v) is 8.62. The largest absolute Gasteiger partial charge is 0.382 e. The Morgan fingerprint density at radius 1 is 1.13 bits per heavy atom. The van der Waals surface area contributed by atoms with Crippen molar-refractivity contribution in [2.75, 3.05) is 11.9 Å². The van der Waals surface area contributed by atoms with Crippen molar-refractivity contribution in [1.82, 2.24) is 0 Å². The fraction of sp³-hybridized carbons (Fsp3) is 0.316. The monoisotopic (exact) mass is 372 g/mol. The molecular formula is C19H18BrFN2. The van der Waals surface area contributed by atoms with Gasteiger partial charge in [-0.1, -0.05) is 40.9 Å². The lowest BCUT2D eigenvalue weighted by Crippen LogP contribution is -2.31. The Kier molecular flexibility index (Phi) is 4.68. The van der Waals surface area contributed by atoms with Gasteiger partial charge in [0.25, 0.3) is 0 Å². The molecule has 23 heavy (non-hydrogen) atoms. The molecule has 0 saturated heterocycles. The molecule has 4 heteroatoms. The highest BCUT2D eigenvalue weighted by Gasteiger charge is 2.35. The maximum absolute atomic E-state index is 14.1. The van der Waals surface area contributed by atoms with Gasteiger partial charge < -0.3 is 5.32 Å². The second-order valence-electron chi connectivity index (χ2n) is 6.15. The first kappa shape index (κ1) is 16.0. The fourth-order valence-electron chi connectivity index (χ4n) is 3.42. The second-order valence-corrected chi connectivity index (χ2v) is 7.07. The minimum absolute atomic E-state index is 0.0566. The van der Waals surface area contributed by atoms with Crippen LogP contribution in [0.3, 0.4) is 0 Å². The van der Waals surface area contributed by atoms with E-state index in [0.717, 1.165) is 17.3 Å². The number of nitrogens with zero attached hydrogens (tertiary/aromatic N) is 1. The van der Waals surface area contributed by atoms with Gasteiger partial charge in [-0.2, -0.15) is 5.26 Å². The topological polar surface area (TPSA) is 35.8 Å². The van der Waals surface area contributed by atoms with Crippen molar-refractivity contribution < 1.29 is 4.39 Å². The van der Waals surface area contributed by atoms with Gasteiger partial charge in [0.15, 0.2) is 0 Å². The number of hydrogen-bond donors (Lipinski definition) is 1. The summed E-state index contributed by atoms with van der Waals surface area (Å²) in [7, 11) is 0. The van der Waals surface area contributed by atoms with E-state index in [-0.39, 0.29) is 11.2 Å². The molecule has 0 amide bonds. The lowest BCUT2D eigenvalue weighted by molar-refractivity contribution is 0.465. The Labute approximate surface area is 144 Å². The van der Waals surface area contributed by atoms with Crippen molar-refractivity contribution in [3.05, 3.63) is 63.9 Å². The molecule has 0 bridgehead atoms. The second kappa shape index (κ2) is 6.72. The van der Waals surface area contributed by atoms with Gasteiger partial charge >= 0.3 is 0 Å². The van der Waals surface area contributed by atoms with Crippen molar-refractivity contribution in [3.8, 4) is 6.07 Å². The first-order chi connectivity index (χ1) is 11.1. The van der Waals surface area contributed by atoms with E-state index in [0.29, 0.717) is 17.8 Å². The Bertz CT molecular complexity index is 728. The molecule has 0 heterocycles. The van der Waals surface area contributed by atoms with Crippen LogP contribution in [-0.4, -0.2) is 6.54 Å². The van der Waals surface area contributed by atoms with Gasteiger partial charge in [0.1, 0.15) is 5.82 Å². The zero-order valence-corrected chi connectivity index (χ0v) is 14.4. The maximum atomic E-state index is 14.1. The van der Waals surface area contributed by atoms with E-state index in [2.05, 4.69) is 45.5 Å². The molecule has 1 saturated carbocycles. The zero-order chi connectivity index (χ0) is 16.3. The summed E-state index contributed by atoms with van der Waals surface area (Å²) < 4.78 is 15.1. The standard InChI is InChI=1S/C19H18BrFN2/c20-16-6-4-15(5-7-16)19(9-1-2-10-19)13-23-18-8-3-14(12-22)11-17(18)21/h3-8,11,23H,1-2,9-10,13H2. The number of nitrogens with one attached hydrogen (secondary N) is 1. The summed E-state index contributed by atoms with van der Waals surface area (Å²) in [6.07, 6.45) is 4.63. The third-order valence-electron chi connectivity index (χ3n) is 4.73. The molecule has 1 aliphatic rings. The Morgan fingerprint density at radius 2 is 1.83 bits per heavy atom. The third kappa shape index (κ3) is 3.40. The smallest absolute Gasteiger partial charge is 0.147 e. The fourth-order valence-corrected chi connectivity index (χ4v) is 3.68. The molecule has 1 fully saturated rings. The highest BCUT2D eigenvalue weighted by Crippen LogP contribution is 2.41. The van der Waals surface area contributed by atoms with Crippen LogP contribution < -0.4 is 5.32 Å². The molecule has 0 radical (unpaired) electrons. The number of anilines is 1. The summed E-state index contributed by atoms with van der Waals surface area (Å²) in [5, 5.41) is 12.1. The quantitative estimate of drug-likeness (QED) is 0.781. The van der Waals surface area contributed by atoms with E-state index in [4.69, 9.17) is 5.26 Å². The zero-order valence-electron chi connectivity index (χ0n) is 12.8. The number of halogens is 2. The Hall–Kier alpha value is -1.86. The van der Waals surface area contributed by atoms with Gasteiger partial charge in [-0.05, 0) is 48.7 Å². The lowest BCUT2D eigenvalue weighted by atomic mass is 9.79. The van der Waals surface area contributed by atoms with Gasteiger partial charge in [0, 0.05) is 16.4 Å². The first-order valence-electron chi connectivity index (χ1n) is 7.83. The van der Waals surface area contributed by atoms with Crippen LogP contribution in [0.4, 0.5) is 10.1 Å². The van der Waals surface area contributed by atoms with Crippen LogP contribution in [-0.2, 0) is 5.41 Å². The van der Waals surface area contributed by atoms with Crippen LogP contribution >= 0.6 is 15.9 Å². The predicted molar refractivity (Wildman–Crippen MR) is 93.9 cm³/mol. The summed E-state index contributed by atoms with van der Waals surface area (Å²) in [4.78, 5) is 0. The van der Waals surface area contributed by atoms with Crippen molar-refractivity contribution in [3.63, 3.8) is 0 Å². The van der Waals surface area contributed by atoms with Gasteiger partial charge in [0.2, 0.25) is 0 Å². The molecule has 2 aromatic rings. The Balaban J connectivity index is 1.81. The van der Waals surface area contributed by atoms with Crippen molar-refractivity contribution in [1.29, 1.82) is 5.26 Å². The van der Waals surface area contributed by atoms with Crippen LogP contribution in [0.2, 0.25) is 0 Å². The Morgan fingerprint density at radius 3 is 2.43 bits per heavy atom. The van der Waals surface area contributed by atoms with Gasteiger partial charge in [0.05, 0.1) is 17.3 Å². The average molecular weight is 373 g/mol. The van der Waals surface area contributed by atoms with E-state index < -0.39 is 0 Å². The van der Waals surface area contributed by atoms with Gasteiger partial charge in [-0.15, -0.1) is 0 Å². The number of rotatable bonds is 4. The minimum atomic E-state index is -0.368. The highest BCUT2D eigenvalue weighted by atomic mass is 79.9. The molecule has 0 aromatic heterocycles. The van der Waals surface area contributed by atoms with Crippen LogP contribution in [0.15, 0.2) is 46.9 Å². The molecule has 118 valence electrons. The van der Waals surface area contributed by atoms with Crippen LogP contribution in [0.1, 0.15) is 36.8 Å². The number of nitriles is 1. The summed E-state index contributed by atoms with van der Waals surface area (Å²) in [6.45, 7) is 0.706. The summed E-state index contributed by atoms with van der Waals surface area (Å²) in [5.74, 6) is -0.368. The predicted octanol–water partition coefficient (Wildman–Crippen LogP) is 5.38. The molecule has 0 unspecified atom stereocenters. The van der Waals surface area contributed by atoms with E-state index in [1.165, 1.54) is 24.5 Å². The average Bonchev–Trinajstić information content (AvgIpc) is 3.04. The van der Waals surface area contributed by atoms with Crippen molar-refractivity contribution >= 4 is 21.6 Å². The third-order valence-corrected chi connectivity index (χ3v) is 5.26. The van der Waals surface area contributed by atoms with E-state index in [1.807, 2.05) is 6.07 Å². The van der Waals surface area contributed by atoms with Crippen molar-refractivity contribution in [2.24, 2.45) is 0 Å². The molecule has 2 nitrogen and oxygen atoms in total. The summed E-state index contributed by atoms with van der Waals surface area (Å²) in [5.41, 5.74) is 2.17. The highest BCUT2D eigenvalue weighted by molar-refractivity contribution is 9.10. The van der Waals surface area contributed by atoms with E-state index in [9.17, 15) is 4.39 Å². The normalized spacial score (nSPS) is 16.0.